The number of ether oxygens (including phenoxy) is 1. The Kier molecular flexibility index (Phi) is 6.13. The fraction of sp³-hybridized carbons (Fsp3) is 0.391. The lowest BCUT2D eigenvalue weighted by molar-refractivity contribution is -0.118. The quantitative estimate of drug-likeness (QED) is 0.611. The van der Waals surface area contributed by atoms with Crippen LogP contribution in [0.5, 0.6) is 5.75 Å². The molecule has 0 aromatic heterocycles. The van der Waals surface area contributed by atoms with Crippen LogP contribution in [0.1, 0.15) is 45.1 Å². The van der Waals surface area contributed by atoms with Gasteiger partial charge in [0.2, 0.25) is 0 Å². The first-order valence-corrected chi connectivity index (χ1v) is 9.71. The van der Waals surface area contributed by atoms with Crippen LogP contribution in [-0.2, 0) is 4.79 Å². The Morgan fingerprint density at radius 1 is 1.26 bits per heavy atom. The molecular formula is C23H26N2O2. The molecule has 0 radical (unpaired) electrons. The van der Waals surface area contributed by atoms with Crippen molar-refractivity contribution < 1.29 is 9.53 Å². The Labute approximate surface area is 160 Å². The van der Waals surface area contributed by atoms with E-state index < -0.39 is 0 Å². The first-order valence-electron chi connectivity index (χ1n) is 9.71. The summed E-state index contributed by atoms with van der Waals surface area (Å²) in [5, 5.41) is 14.7. The van der Waals surface area contributed by atoms with E-state index in [0.717, 1.165) is 35.6 Å². The van der Waals surface area contributed by atoms with Crippen LogP contribution in [0.3, 0.4) is 0 Å². The lowest BCUT2D eigenvalue weighted by Gasteiger charge is -2.29. The average molecular weight is 362 g/mol. The van der Waals surface area contributed by atoms with Crippen molar-refractivity contribution in [3.8, 4) is 11.8 Å². The maximum absolute atomic E-state index is 12.8. The second-order valence-electron chi connectivity index (χ2n) is 7.14. The van der Waals surface area contributed by atoms with Crippen molar-refractivity contribution in [1.29, 1.82) is 5.26 Å². The van der Waals surface area contributed by atoms with E-state index >= 15 is 0 Å². The standard InChI is InChI=1S/C23H26N2O2/c1-3-27-22-13-12-17-9-5-6-10-19(17)20(22)14-18(15-24)23(26)25-21-11-7-4-8-16(21)2/h5-6,9-10,12-14,16,21H,3-4,7-8,11H2,1-2H3,(H,25,26)/b18-14+/t16-,21-/m0/s1. The van der Waals surface area contributed by atoms with Gasteiger partial charge in [0.05, 0.1) is 6.61 Å². The predicted octanol–water partition coefficient (Wildman–Crippen LogP) is 4.84. The van der Waals surface area contributed by atoms with E-state index in [1.165, 1.54) is 6.42 Å². The second-order valence-corrected chi connectivity index (χ2v) is 7.14. The van der Waals surface area contributed by atoms with Crippen LogP contribution in [0.15, 0.2) is 42.0 Å². The molecule has 1 aliphatic carbocycles. The number of amides is 1. The smallest absolute Gasteiger partial charge is 0.262 e. The van der Waals surface area contributed by atoms with Gasteiger partial charge in [0.15, 0.2) is 0 Å². The molecule has 1 saturated carbocycles. The zero-order chi connectivity index (χ0) is 19.2. The van der Waals surface area contributed by atoms with Crippen LogP contribution in [0.2, 0.25) is 0 Å². The molecule has 1 amide bonds. The predicted molar refractivity (Wildman–Crippen MR) is 108 cm³/mol. The summed E-state index contributed by atoms with van der Waals surface area (Å²) in [4.78, 5) is 12.8. The second kappa shape index (κ2) is 8.73. The molecule has 140 valence electrons. The van der Waals surface area contributed by atoms with Crippen molar-refractivity contribution in [2.75, 3.05) is 6.61 Å². The Morgan fingerprint density at radius 3 is 2.78 bits per heavy atom. The van der Waals surface area contributed by atoms with Gasteiger partial charge in [0, 0.05) is 11.6 Å². The van der Waals surface area contributed by atoms with E-state index in [4.69, 9.17) is 4.74 Å². The Bertz CT molecular complexity index is 895. The van der Waals surface area contributed by atoms with E-state index in [1.54, 1.807) is 6.08 Å². The van der Waals surface area contributed by atoms with Crippen molar-refractivity contribution in [1.82, 2.24) is 5.32 Å². The van der Waals surface area contributed by atoms with Crippen LogP contribution >= 0.6 is 0 Å². The lowest BCUT2D eigenvalue weighted by Crippen LogP contribution is -2.41. The Hall–Kier alpha value is -2.80. The average Bonchev–Trinajstić information content (AvgIpc) is 2.69. The fourth-order valence-electron chi connectivity index (χ4n) is 3.78. The minimum Gasteiger partial charge on any atom is -0.493 e. The van der Waals surface area contributed by atoms with Crippen LogP contribution in [0, 0.1) is 17.2 Å². The van der Waals surface area contributed by atoms with Crippen LogP contribution in [0.4, 0.5) is 0 Å². The number of nitrogens with zero attached hydrogens (tertiary/aromatic N) is 1. The van der Waals surface area contributed by atoms with Gasteiger partial charge in [0.1, 0.15) is 17.4 Å². The summed E-state index contributed by atoms with van der Waals surface area (Å²) in [6, 6.07) is 14.0. The third-order valence-corrected chi connectivity index (χ3v) is 5.31. The van der Waals surface area contributed by atoms with Gasteiger partial charge < -0.3 is 10.1 Å². The molecule has 0 saturated heterocycles. The molecule has 1 fully saturated rings. The minimum absolute atomic E-state index is 0.116. The zero-order valence-electron chi connectivity index (χ0n) is 16.0. The highest BCUT2D eigenvalue weighted by Gasteiger charge is 2.24. The molecule has 27 heavy (non-hydrogen) atoms. The number of nitrogens with one attached hydrogen (secondary N) is 1. The molecule has 4 heteroatoms. The molecule has 2 aromatic carbocycles. The number of carbonyl (C=O) groups excluding carboxylic acids is 1. The molecule has 0 bridgehead atoms. The van der Waals surface area contributed by atoms with Crippen molar-refractivity contribution >= 4 is 22.8 Å². The van der Waals surface area contributed by atoms with Gasteiger partial charge in [-0.1, -0.05) is 50.1 Å². The normalized spacial score (nSPS) is 20.1. The number of nitriles is 1. The van der Waals surface area contributed by atoms with Crippen LogP contribution in [0.25, 0.3) is 16.8 Å². The number of benzene rings is 2. The molecule has 1 aliphatic rings. The molecule has 2 atom stereocenters. The molecular weight excluding hydrogens is 336 g/mol. The third-order valence-electron chi connectivity index (χ3n) is 5.31. The minimum atomic E-state index is -0.299. The monoisotopic (exact) mass is 362 g/mol. The fourth-order valence-corrected chi connectivity index (χ4v) is 3.78. The van der Waals surface area contributed by atoms with Crippen molar-refractivity contribution in [3.63, 3.8) is 0 Å². The maximum atomic E-state index is 12.8. The van der Waals surface area contributed by atoms with E-state index in [1.807, 2.05) is 43.3 Å². The Morgan fingerprint density at radius 2 is 2.04 bits per heavy atom. The summed E-state index contributed by atoms with van der Waals surface area (Å²) in [7, 11) is 0. The van der Waals surface area contributed by atoms with E-state index in [-0.39, 0.29) is 17.5 Å². The summed E-state index contributed by atoms with van der Waals surface area (Å²) in [6.45, 7) is 4.61. The van der Waals surface area contributed by atoms with Gasteiger partial charge in [-0.3, -0.25) is 4.79 Å². The molecule has 0 spiro atoms. The van der Waals surface area contributed by atoms with Gasteiger partial charge in [-0.25, -0.2) is 0 Å². The number of fused-ring (bicyclic) bond motifs is 1. The van der Waals surface area contributed by atoms with E-state index in [2.05, 4.69) is 18.3 Å². The summed E-state index contributed by atoms with van der Waals surface area (Å²) in [5.41, 5.74) is 0.892. The first kappa shape index (κ1) is 19.0. The number of hydrogen-bond donors (Lipinski definition) is 1. The van der Waals surface area contributed by atoms with Gasteiger partial charge in [-0.05, 0) is 48.6 Å². The van der Waals surface area contributed by atoms with Gasteiger partial charge in [-0.15, -0.1) is 0 Å². The van der Waals surface area contributed by atoms with E-state index in [9.17, 15) is 10.1 Å². The maximum Gasteiger partial charge on any atom is 0.262 e. The number of hydrogen-bond acceptors (Lipinski definition) is 3. The summed E-state index contributed by atoms with van der Waals surface area (Å²) >= 11 is 0. The highest BCUT2D eigenvalue weighted by molar-refractivity contribution is 6.05. The molecule has 1 N–H and O–H groups in total. The van der Waals surface area contributed by atoms with E-state index in [0.29, 0.717) is 18.3 Å². The van der Waals surface area contributed by atoms with Crippen molar-refractivity contribution in [2.45, 2.75) is 45.6 Å². The zero-order valence-corrected chi connectivity index (χ0v) is 16.0. The summed E-state index contributed by atoms with van der Waals surface area (Å²) < 4.78 is 5.75. The lowest BCUT2D eigenvalue weighted by atomic mass is 9.86. The molecule has 0 heterocycles. The molecule has 4 nitrogen and oxygen atoms in total. The number of rotatable bonds is 5. The van der Waals surface area contributed by atoms with Gasteiger partial charge >= 0.3 is 0 Å². The molecule has 0 unspecified atom stereocenters. The first-order chi connectivity index (χ1) is 13.1. The van der Waals surface area contributed by atoms with Crippen LogP contribution < -0.4 is 10.1 Å². The largest absolute Gasteiger partial charge is 0.493 e. The molecule has 2 aromatic rings. The molecule has 0 aliphatic heterocycles. The highest BCUT2D eigenvalue weighted by Crippen LogP contribution is 2.30. The van der Waals surface area contributed by atoms with Crippen LogP contribution in [-0.4, -0.2) is 18.6 Å². The SMILES string of the molecule is CCOc1ccc2ccccc2c1/C=C(\C#N)C(=O)N[C@H]1CCCC[C@@H]1C. The Balaban J connectivity index is 1.96. The highest BCUT2D eigenvalue weighted by atomic mass is 16.5. The molecule has 3 rings (SSSR count). The van der Waals surface area contributed by atoms with Crippen molar-refractivity contribution in [2.24, 2.45) is 5.92 Å². The summed E-state index contributed by atoms with van der Waals surface area (Å²) in [5.74, 6) is 0.827. The van der Waals surface area contributed by atoms with Gasteiger partial charge in [-0.2, -0.15) is 5.26 Å². The third kappa shape index (κ3) is 4.31. The van der Waals surface area contributed by atoms with Crippen molar-refractivity contribution in [3.05, 3.63) is 47.5 Å². The topological polar surface area (TPSA) is 62.1 Å². The van der Waals surface area contributed by atoms with Gasteiger partial charge in [0.25, 0.3) is 5.91 Å². The number of carbonyl (C=O) groups is 1. The summed E-state index contributed by atoms with van der Waals surface area (Å²) in [6.07, 6.45) is 6.09.